The van der Waals surface area contributed by atoms with Crippen LogP contribution in [0.3, 0.4) is 0 Å². The Kier molecular flexibility index (Phi) is 5.17. The summed E-state index contributed by atoms with van der Waals surface area (Å²) in [5.41, 5.74) is 6.45. The van der Waals surface area contributed by atoms with Crippen LogP contribution in [0.4, 0.5) is 33.9 Å². The highest BCUT2D eigenvalue weighted by atomic mass is 19.3. The van der Waals surface area contributed by atoms with E-state index in [9.17, 15) is 22.4 Å². The summed E-state index contributed by atoms with van der Waals surface area (Å²) in [7, 11) is 0. The third-order valence-corrected chi connectivity index (χ3v) is 4.90. The van der Waals surface area contributed by atoms with Crippen LogP contribution in [0, 0.1) is 17.6 Å². The van der Waals surface area contributed by atoms with Crippen LogP contribution >= 0.6 is 0 Å². The van der Waals surface area contributed by atoms with Crippen LogP contribution in [0.1, 0.15) is 5.82 Å². The maximum Gasteiger partial charge on any atom is 0.323 e. The van der Waals surface area contributed by atoms with E-state index in [1.807, 2.05) is 0 Å². The third kappa shape index (κ3) is 3.98. The summed E-state index contributed by atoms with van der Waals surface area (Å²) in [5, 5.41) is 2.46. The van der Waals surface area contributed by atoms with Gasteiger partial charge in [0.15, 0.2) is 17.5 Å². The van der Waals surface area contributed by atoms with Gasteiger partial charge in [-0.15, -0.1) is 0 Å². The van der Waals surface area contributed by atoms with Crippen molar-refractivity contribution in [2.75, 3.05) is 24.1 Å². The fraction of sp³-hybridized carbons (Fsp3) is 0.200. The average molecular weight is 432 g/mol. The average Bonchev–Trinajstić information content (AvgIpc) is 2.69. The van der Waals surface area contributed by atoms with Gasteiger partial charge in [-0.05, 0) is 24.3 Å². The molecular weight excluding hydrogens is 416 g/mol. The molecule has 3 heterocycles. The third-order valence-electron chi connectivity index (χ3n) is 4.90. The summed E-state index contributed by atoms with van der Waals surface area (Å²) >= 11 is 0. The van der Waals surface area contributed by atoms with Crippen molar-refractivity contribution in [1.29, 1.82) is 0 Å². The first-order valence-corrected chi connectivity index (χ1v) is 9.19. The number of pyridine rings is 1. The lowest BCUT2D eigenvalue weighted by Gasteiger charge is -2.42. The van der Waals surface area contributed by atoms with E-state index in [-0.39, 0.29) is 35.9 Å². The van der Waals surface area contributed by atoms with Crippen molar-refractivity contribution < 1.29 is 22.4 Å². The molecule has 0 spiro atoms. The first-order valence-electron chi connectivity index (χ1n) is 9.19. The first-order chi connectivity index (χ1) is 14.8. The lowest BCUT2D eigenvalue weighted by molar-refractivity contribution is -0.117. The lowest BCUT2D eigenvalue weighted by Crippen LogP contribution is -2.57. The van der Waals surface area contributed by atoms with Gasteiger partial charge in [0.2, 0.25) is 0 Å². The Morgan fingerprint density at radius 3 is 2.45 bits per heavy atom. The first kappa shape index (κ1) is 20.5. The Balaban J connectivity index is 1.44. The fourth-order valence-electron chi connectivity index (χ4n) is 3.11. The van der Waals surface area contributed by atoms with Crippen LogP contribution < -0.4 is 11.1 Å². The van der Waals surface area contributed by atoms with Crippen molar-refractivity contribution in [2.45, 2.75) is 5.92 Å². The van der Waals surface area contributed by atoms with Gasteiger partial charge in [-0.2, -0.15) is 8.78 Å². The SMILES string of the molecule is Nc1ccc(-c2ccccc2F)nc1NC(=O)N1CC(C(F)(F)c2ncc(F)cn2)C1. The van der Waals surface area contributed by atoms with Gasteiger partial charge in [0, 0.05) is 18.7 Å². The van der Waals surface area contributed by atoms with Gasteiger partial charge in [-0.3, -0.25) is 5.32 Å². The number of alkyl halides is 2. The molecule has 0 atom stereocenters. The molecule has 3 aromatic rings. The van der Waals surface area contributed by atoms with Gasteiger partial charge in [0.1, 0.15) is 5.82 Å². The summed E-state index contributed by atoms with van der Waals surface area (Å²) in [6, 6.07) is 8.26. The van der Waals surface area contributed by atoms with Crippen molar-refractivity contribution in [3.8, 4) is 11.3 Å². The van der Waals surface area contributed by atoms with Gasteiger partial charge in [0.05, 0.1) is 29.7 Å². The van der Waals surface area contributed by atoms with Gasteiger partial charge in [0.25, 0.3) is 0 Å². The molecule has 7 nitrogen and oxygen atoms in total. The van der Waals surface area contributed by atoms with E-state index in [1.54, 1.807) is 6.07 Å². The molecule has 160 valence electrons. The Morgan fingerprint density at radius 1 is 1.10 bits per heavy atom. The van der Waals surface area contributed by atoms with Crippen LogP contribution in [-0.2, 0) is 5.92 Å². The highest BCUT2D eigenvalue weighted by Gasteiger charge is 2.51. The van der Waals surface area contributed by atoms with Crippen molar-refractivity contribution in [2.24, 2.45) is 5.92 Å². The number of carbonyl (C=O) groups is 1. The molecule has 0 aliphatic carbocycles. The molecule has 1 aliphatic heterocycles. The predicted molar refractivity (Wildman–Crippen MR) is 104 cm³/mol. The van der Waals surface area contributed by atoms with E-state index >= 15 is 0 Å². The number of nitrogens with zero attached hydrogens (tertiary/aromatic N) is 4. The second-order valence-electron chi connectivity index (χ2n) is 6.99. The normalized spacial score (nSPS) is 14.3. The molecule has 4 rings (SSSR count). The van der Waals surface area contributed by atoms with E-state index in [4.69, 9.17) is 5.73 Å². The van der Waals surface area contributed by atoms with Crippen LogP contribution in [-0.4, -0.2) is 39.0 Å². The number of urea groups is 1. The molecular formula is C20H16F4N6O. The van der Waals surface area contributed by atoms with Gasteiger partial charge in [-0.1, -0.05) is 12.1 Å². The van der Waals surface area contributed by atoms with Crippen molar-refractivity contribution >= 4 is 17.5 Å². The molecule has 1 aliphatic rings. The molecule has 2 amide bonds. The molecule has 11 heteroatoms. The number of likely N-dealkylation sites (tertiary alicyclic amines) is 1. The second-order valence-corrected chi connectivity index (χ2v) is 6.99. The maximum atomic E-state index is 14.5. The summed E-state index contributed by atoms with van der Waals surface area (Å²) in [6.45, 7) is -0.543. The van der Waals surface area contributed by atoms with E-state index in [0.29, 0.717) is 12.4 Å². The summed E-state index contributed by atoms with van der Waals surface area (Å²) in [6.07, 6.45) is 1.33. The van der Waals surface area contributed by atoms with Crippen molar-refractivity contribution in [3.05, 3.63) is 66.3 Å². The van der Waals surface area contributed by atoms with Crippen LogP contribution in [0.25, 0.3) is 11.3 Å². The van der Waals surface area contributed by atoms with Crippen LogP contribution in [0.2, 0.25) is 0 Å². The van der Waals surface area contributed by atoms with Gasteiger partial charge in [-0.25, -0.2) is 28.5 Å². The number of hydrogen-bond donors (Lipinski definition) is 2. The molecule has 2 aromatic heterocycles. The van der Waals surface area contributed by atoms with Gasteiger partial charge < -0.3 is 10.6 Å². The molecule has 1 saturated heterocycles. The number of carbonyl (C=O) groups excluding carboxylic acids is 1. The molecule has 0 saturated carbocycles. The Morgan fingerprint density at radius 2 is 1.77 bits per heavy atom. The molecule has 31 heavy (non-hydrogen) atoms. The minimum atomic E-state index is -3.42. The smallest absolute Gasteiger partial charge is 0.323 e. The minimum absolute atomic E-state index is 0.0113. The van der Waals surface area contributed by atoms with Crippen LogP contribution in [0.15, 0.2) is 48.8 Å². The molecule has 0 radical (unpaired) electrons. The Hall–Kier alpha value is -3.76. The number of amides is 2. The van der Waals surface area contributed by atoms with E-state index < -0.39 is 35.3 Å². The highest BCUT2D eigenvalue weighted by Crippen LogP contribution is 2.39. The zero-order chi connectivity index (χ0) is 22.2. The van der Waals surface area contributed by atoms with Crippen molar-refractivity contribution in [1.82, 2.24) is 19.9 Å². The highest BCUT2D eigenvalue weighted by molar-refractivity contribution is 5.92. The summed E-state index contributed by atoms with van der Waals surface area (Å²) in [5.74, 6) is -6.78. The number of aromatic nitrogens is 3. The zero-order valence-electron chi connectivity index (χ0n) is 15.9. The summed E-state index contributed by atoms with van der Waals surface area (Å²) in [4.78, 5) is 24.4. The molecule has 1 fully saturated rings. The number of anilines is 2. The number of nitrogens with one attached hydrogen (secondary N) is 1. The number of rotatable bonds is 4. The quantitative estimate of drug-likeness (QED) is 0.614. The monoisotopic (exact) mass is 432 g/mol. The Bertz CT molecular complexity index is 1120. The number of halogens is 4. The molecule has 0 unspecified atom stereocenters. The van der Waals surface area contributed by atoms with E-state index in [2.05, 4.69) is 20.3 Å². The number of benzene rings is 1. The standard InChI is InChI=1S/C20H16F4N6O/c21-12-7-26-18(27-8-12)20(23,24)11-9-30(10-11)19(31)29-17-15(25)5-6-16(28-17)13-3-1-2-4-14(13)22/h1-8,11H,9-10,25H2,(H,28,29,31). The predicted octanol–water partition coefficient (Wildman–Crippen LogP) is 3.65. The van der Waals surface area contributed by atoms with E-state index in [0.717, 1.165) is 4.90 Å². The van der Waals surface area contributed by atoms with Crippen LogP contribution in [0.5, 0.6) is 0 Å². The summed E-state index contributed by atoms with van der Waals surface area (Å²) < 4.78 is 55.8. The van der Waals surface area contributed by atoms with Crippen molar-refractivity contribution in [3.63, 3.8) is 0 Å². The minimum Gasteiger partial charge on any atom is -0.396 e. The van der Waals surface area contributed by atoms with Gasteiger partial charge >= 0.3 is 12.0 Å². The topological polar surface area (TPSA) is 97.0 Å². The maximum absolute atomic E-state index is 14.5. The molecule has 0 bridgehead atoms. The van der Waals surface area contributed by atoms with E-state index in [1.165, 1.54) is 30.3 Å². The Labute approximate surface area is 173 Å². The number of nitrogens with two attached hydrogens (primary N) is 1. The number of nitrogen functional groups attached to an aromatic ring is 1. The largest absolute Gasteiger partial charge is 0.396 e. The zero-order valence-corrected chi connectivity index (χ0v) is 15.9. The molecule has 3 N–H and O–H groups in total. The lowest BCUT2D eigenvalue weighted by atomic mass is 9.92. The number of hydrogen-bond acceptors (Lipinski definition) is 5. The second kappa shape index (κ2) is 7.82. The fourth-order valence-corrected chi connectivity index (χ4v) is 3.11. The molecule has 1 aromatic carbocycles.